The molecule has 0 bridgehead atoms. The van der Waals surface area contributed by atoms with Crippen LogP contribution in [0.2, 0.25) is 0 Å². The molecule has 3 aromatic rings. The Morgan fingerprint density at radius 2 is 1.94 bits per heavy atom. The lowest BCUT2D eigenvalue weighted by Crippen LogP contribution is -2.43. The second-order valence-electron chi connectivity index (χ2n) is 9.17. The lowest BCUT2D eigenvalue weighted by atomic mass is 9.97. The second kappa shape index (κ2) is 9.63. The van der Waals surface area contributed by atoms with Gasteiger partial charge in [0.15, 0.2) is 5.16 Å². The van der Waals surface area contributed by atoms with Gasteiger partial charge in [-0.15, -0.1) is 11.3 Å². The van der Waals surface area contributed by atoms with Crippen LogP contribution < -0.4 is 5.56 Å². The summed E-state index contributed by atoms with van der Waals surface area (Å²) in [4.78, 5) is 36.0. The summed E-state index contributed by atoms with van der Waals surface area (Å²) in [6.45, 7) is 5.09. The zero-order chi connectivity index (χ0) is 22.9. The number of benzene rings is 1. The van der Waals surface area contributed by atoms with Crippen molar-refractivity contribution in [1.82, 2.24) is 14.5 Å². The summed E-state index contributed by atoms with van der Waals surface area (Å²) in [6, 6.07) is 8.44. The maximum Gasteiger partial charge on any atom is 0.267 e. The Morgan fingerprint density at radius 3 is 2.70 bits per heavy atom. The third-order valence-corrected chi connectivity index (χ3v) is 9.12. The molecule has 0 unspecified atom stereocenters. The summed E-state index contributed by atoms with van der Waals surface area (Å²) in [5, 5.41) is 1.41. The van der Waals surface area contributed by atoms with Crippen LogP contribution in [0.4, 0.5) is 0 Å². The van der Waals surface area contributed by atoms with Crippen LogP contribution >= 0.6 is 23.1 Å². The number of aromatic nitrogens is 2. The quantitative estimate of drug-likeness (QED) is 0.363. The minimum Gasteiger partial charge on any atom is -0.339 e. The molecule has 1 amide bonds. The Bertz CT molecular complexity index is 1230. The maximum atomic E-state index is 13.9. The van der Waals surface area contributed by atoms with E-state index < -0.39 is 0 Å². The summed E-state index contributed by atoms with van der Waals surface area (Å²) in [5.74, 6) is 0.445. The predicted octanol–water partition coefficient (Wildman–Crippen LogP) is 5.38. The minimum atomic E-state index is 0.00457. The number of carbonyl (C=O) groups is 1. The van der Waals surface area contributed by atoms with Crippen LogP contribution in [0.15, 0.2) is 34.2 Å². The van der Waals surface area contributed by atoms with E-state index in [2.05, 4.69) is 26.0 Å². The van der Waals surface area contributed by atoms with Crippen molar-refractivity contribution < 1.29 is 4.79 Å². The summed E-state index contributed by atoms with van der Waals surface area (Å²) >= 11 is 3.07. The van der Waals surface area contributed by atoms with Crippen molar-refractivity contribution >= 4 is 39.2 Å². The van der Waals surface area contributed by atoms with E-state index in [-0.39, 0.29) is 17.5 Å². The van der Waals surface area contributed by atoms with Gasteiger partial charge in [0, 0.05) is 17.5 Å². The molecule has 1 fully saturated rings. The Kier molecular flexibility index (Phi) is 6.61. The van der Waals surface area contributed by atoms with Gasteiger partial charge in [0.05, 0.1) is 16.8 Å². The van der Waals surface area contributed by atoms with E-state index >= 15 is 0 Å². The average Bonchev–Trinajstić information content (AvgIpc) is 3.22. The number of thiophene rings is 1. The van der Waals surface area contributed by atoms with E-state index in [0.717, 1.165) is 61.0 Å². The summed E-state index contributed by atoms with van der Waals surface area (Å²) in [6.07, 6.45) is 8.57. The van der Waals surface area contributed by atoms with Crippen LogP contribution in [0.3, 0.4) is 0 Å². The summed E-state index contributed by atoms with van der Waals surface area (Å²) < 4.78 is 1.74. The SMILES string of the molecule is CCc1ccc(-n2c(SCC(=O)N3CCCC[C@@H]3C)nc3sc4c(c3c2=O)CCCC4)cc1. The molecule has 33 heavy (non-hydrogen) atoms. The van der Waals surface area contributed by atoms with Crippen LogP contribution in [0.5, 0.6) is 0 Å². The highest BCUT2D eigenvalue weighted by atomic mass is 32.2. The molecule has 174 valence electrons. The topological polar surface area (TPSA) is 55.2 Å². The lowest BCUT2D eigenvalue weighted by molar-refractivity contribution is -0.131. The van der Waals surface area contributed by atoms with Gasteiger partial charge in [-0.1, -0.05) is 30.8 Å². The number of fused-ring (bicyclic) bond motifs is 3. The van der Waals surface area contributed by atoms with E-state index in [9.17, 15) is 9.59 Å². The van der Waals surface area contributed by atoms with Crippen molar-refractivity contribution in [3.8, 4) is 5.69 Å². The molecule has 2 aliphatic rings. The van der Waals surface area contributed by atoms with E-state index in [0.29, 0.717) is 10.9 Å². The highest BCUT2D eigenvalue weighted by Gasteiger charge is 2.26. The molecule has 0 N–H and O–H groups in total. The fraction of sp³-hybridized carbons (Fsp3) is 0.500. The highest BCUT2D eigenvalue weighted by molar-refractivity contribution is 7.99. The number of hydrogen-bond acceptors (Lipinski definition) is 5. The van der Waals surface area contributed by atoms with Gasteiger partial charge in [0.2, 0.25) is 5.91 Å². The van der Waals surface area contributed by atoms with Crippen molar-refractivity contribution in [2.24, 2.45) is 0 Å². The number of likely N-dealkylation sites (tertiary alicyclic amines) is 1. The van der Waals surface area contributed by atoms with Gasteiger partial charge in [-0.05, 0) is 81.5 Å². The number of rotatable bonds is 5. The molecule has 0 saturated carbocycles. The van der Waals surface area contributed by atoms with Crippen molar-refractivity contribution in [2.75, 3.05) is 12.3 Å². The summed E-state index contributed by atoms with van der Waals surface area (Å²) in [5.41, 5.74) is 3.26. The highest BCUT2D eigenvalue weighted by Crippen LogP contribution is 2.35. The molecule has 3 heterocycles. The fourth-order valence-electron chi connectivity index (χ4n) is 5.07. The first kappa shape index (κ1) is 22.7. The zero-order valence-corrected chi connectivity index (χ0v) is 21.1. The average molecular weight is 482 g/mol. The van der Waals surface area contributed by atoms with Crippen molar-refractivity contribution in [1.29, 1.82) is 0 Å². The van der Waals surface area contributed by atoms with Crippen molar-refractivity contribution in [3.63, 3.8) is 0 Å². The normalized spacial score (nSPS) is 18.5. The molecule has 0 spiro atoms. The van der Waals surface area contributed by atoms with Gasteiger partial charge in [-0.2, -0.15) is 0 Å². The maximum absolute atomic E-state index is 13.9. The molecule has 5 nitrogen and oxygen atoms in total. The smallest absolute Gasteiger partial charge is 0.267 e. The van der Waals surface area contributed by atoms with Crippen LogP contribution in [-0.2, 0) is 24.1 Å². The van der Waals surface area contributed by atoms with Crippen LogP contribution in [0, 0.1) is 0 Å². The molecule has 1 aromatic carbocycles. The fourth-order valence-corrected chi connectivity index (χ4v) is 7.27. The van der Waals surface area contributed by atoms with Gasteiger partial charge in [0.25, 0.3) is 5.56 Å². The molecule has 7 heteroatoms. The van der Waals surface area contributed by atoms with Gasteiger partial charge in [-0.3, -0.25) is 14.2 Å². The number of amides is 1. The second-order valence-corrected chi connectivity index (χ2v) is 11.2. The molecule has 0 radical (unpaired) electrons. The Hall–Kier alpha value is -2.12. The Morgan fingerprint density at radius 1 is 1.15 bits per heavy atom. The van der Waals surface area contributed by atoms with Gasteiger partial charge in [-0.25, -0.2) is 4.98 Å². The zero-order valence-electron chi connectivity index (χ0n) is 19.4. The first-order chi connectivity index (χ1) is 16.1. The third kappa shape index (κ3) is 4.37. The van der Waals surface area contributed by atoms with E-state index in [4.69, 9.17) is 4.98 Å². The van der Waals surface area contributed by atoms with Gasteiger partial charge in [0.1, 0.15) is 4.83 Å². The van der Waals surface area contributed by atoms with Gasteiger partial charge >= 0.3 is 0 Å². The number of thioether (sulfide) groups is 1. The standard InChI is InChI=1S/C26H31N3O2S2/c1-3-18-11-13-19(14-12-18)29-25(31)23-20-9-4-5-10-21(20)33-24(23)27-26(29)32-16-22(30)28-15-7-6-8-17(28)2/h11-14,17H,3-10,15-16H2,1-2H3/t17-/m0/s1. The third-order valence-electron chi connectivity index (χ3n) is 7.01. The number of piperidine rings is 1. The van der Waals surface area contributed by atoms with Crippen molar-refractivity contribution in [3.05, 3.63) is 50.6 Å². The first-order valence-electron chi connectivity index (χ1n) is 12.2. The molecular weight excluding hydrogens is 450 g/mol. The molecule has 1 aliphatic heterocycles. The summed E-state index contributed by atoms with van der Waals surface area (Å²) in [7, 11) is 0. The van der Waals surface area contributed by atoms with Crippen LogP contribution in [0.1, 0.15) is 62.0 Å². The number of carbonyl (C=O) groups excluding carboxylic acids is 1. The van der Waals surface area contributed by atoms with Crippen molar-refractivity contribution in [2.45, 2.75) is 76.4 Å². The number of nitrogens with zero attached hydrogens (tertiary/aromatic N) is 3. The molecular formula is C26H31N3O2S2. The van der Waals surface area contributed by atoms with Crippen LogP contribution in [-0.4, -0.2) is 38.7 Å². The number of hydrogen-bond donors (Lipinski definition) is 0. The lowest BCUT2D eigenvalue weighted by Gasteiger charge is -2.33. The molecule has 1 aliphatic carbocycles. The molecule has 5 rings (SSSR count). The van der Waals surface area contributed by atoms with E-state index in [1.165, 1.54) is 40.6 Å². The van der Waals surface area contributed by atoms with E-state index in [1.807, 2.05) is 17.0 Å². The van der Waals surface area contributed by atoms with E-state index in [1.54, 1.807) is 15.9 Å². The predicted molar refractivity (Wildman–Crippen MR) is 137 cm³/mol. The van der Waals surface area contributed by atoms with Crippen LogP contribution in [0.25, 0.3) is 15.9 Å². The first-order valence-corrected chi connectivity index (χ1v) is 14.0. The monoisotopic (exact) mass is 481 g/mol. The molecule has 1 atom stereocenters. The molecule has 1 saturated heterocycles. The minimum absolute atomic E-state index is 0.00457. The number of aryl methyl sites for hydroxylation is 3. The molecule has 2 aromatic heterocycles. The Labute approximate surface area is 203 Å². The Balaban J connectivity index is 1.55. The van der Waals surface area contributed by atoms with Gasteiger partial charge < -0.3 is 4.90 Å². The largest absolute Gasteiger partial charge is 0.339 e.